The first-order valence-electron chi connectivity index (χ1n) is 5.39. The summed E-state index contributed by atoms with van der Waals surface area (Å²) >= 11 is 0. The van der Waals surface area contributed by atoms with Crippen molar-refractivity contribution >= 4 is 5.78 Å². The van der Waals surface area contributed by atoms with Gasteiger partial charge in [-0.2, -0.15) is 0 Å². The Labute approximate surface area is 103 Å². The molecule has 0 aliphatic rings. The summed E-state index contributed by atoms with van der Waals surface area (Å²) in [6, 6.07) is 10.9. The van der Waals surface area contributed by atoms with Crippen molar-refractivity contribution in [3.8, 4) is 0 Å². The van der Waals surface area contributed by atoms with Crippen molar-refractivity contribution in [2.45, 2.75) is 6.04 Å². The molecule has 0 aliphatic carbocycles. The number of carbonyl (C=O) groups excluding carboxylic acids is 1. The van der Waals surface area contributed by atoms with Crippen LogP contribution in [0.1, 0.15) is 22.0 Å². The fourth-order valence-electron chi connectivity index (χ4n) is 1.64. The molecule has 0 radical (unpaired) electrons. The van der Waals surface area contributed by atoms with Gasteiger partial charge in [0.25, 0.3) is 0 Å². The van der Waals surface area contributed by atoms with E-state index in [1.54, 1.807) is 30.3 Å². The van der Waals surface area contributed by atoms with Gasteiger partial charge in [-0.15, -0.1) is 0 Å². The van der Waals surface area contributed by atoms with Gasteiger partial charge in [0.05, 0.1) is 6.04 Å². The van der Waals surface area contributed by atoms with Gasteiger partial charge in [0.15, 0.2) is 17.4 Å². The Hall–Kier alpha value is -2.07. The van der Waals surface area contributed by atoms with Gasteiger partial charge in [0, 0.05) is 5.56 Å². The van der Waals surface area contributed by atoms with E-state index < -0.39 is 23.5 Å². The average molecular weight is 247 g/mol. The van der Waals surface area contributed by atoms with Crippen LogP contribution >= 0.6 is 0 Å². The molecule has 0 heterocycles. The third kappa shape index (κ3) is 2.43. The van der Waals surface area contributed by atoms with E-state index in [2.05, 4.69) is 0 Å². The van der Waals surface area contributed by atoms with Crippen LogP contribution in [0.2, 0.25) is 0 Å². The number of halogens is 2. The highest BCUT2D eigenvalue weighted by molar-refractivity contribution is 6.00. The molecule has 0 aliphatic heterocycles. The van der Waals surface area contributed by atoms with Crippen LogP contribution in [0, 0.1) is 11.6 Å². The zero-order valence-electron chi connectivity index (χ0n) is 9.44. The van der Waals surface area contributed by atoms with Crippen LogP contribution in [0.5, 0.6) is 0 Å². The van der Waals surface area contributed by atoms with Gasteiger partial charge in [0.1, 0.15) is 0 Å². The quantitative estimate of drug-likeness (QED) is 0.847. The molecule has 0 saturated heterocycles. The molecule has 92 valence electrons. The number of Topliss-reactive ketones (excluding diaryl/α,β-unsaturated/α-hetero) is 1. The average Bonchev–Trinajstić information content (AvgIpc) is 2.41. The van der Waals surface area contributed by atoms with Gasteiger partial charge in [-0.25, -0.2) is 8.78 Å². The molecule has 2 rings (SSSR count). The first kappa shape index (κ1) is 12.4. The second kappa shape index (κ2) is 5.06. The van der Waals surface area contributed by atoms with Crippen LogP contribution in [0.3, 0.4) is 0 Å². The summed E-state index contributed by atoms with van der Waals surface area (Å²) < 4.78 is 25.8. The molecule has 18 heavy (non-hydrogen) atoms. The lowest BCUT2D eigenvalue weighted by Gasteiger charge is -2.11. The molecule has 2 nitrogen and oxygen atoms in total. The lowest BCUT2D eigenvalue weighted by atomic mass is 9.98. The predicted octanol–water partition coefficient (Wildman–Crippen LogP) is 2.85. The van der Waals surface area contributed by atoms with E-state index in [-0.39, 0.29) is 5.56 Å². The molecular weight excluding hydrogens is 236 g/mol. The van der Waals surface area contributed by atoms with E-state index in [1.807, 2.05) is 0 Å². The van der Waals surface area contributed by atoms with Crippen molar-refractivity contribution in [1.29, 1.82) is 0 Å². The Bertz CT molecular complexity index is 569. The summed E-state index contributed by atoms with van der Waals surface area (Å²) in [7, 11) is 0. The largest absolute Gasteiger partial charge is 0.318 e. The van der Waals surface area contributed by atoms with Crippen molar-refractivity contribution < 1.29 is 13.6 Å². The van der Waals surface area contributed by atoms with Crippen molar-refractivity contribution in [1.82, 2.24) is 0 Å². The zero-order chi connectivity index (χ0) is 13.1. The molecule has 0 saturated carbocycles. The molecule has 0 spiro atoms. The molecule has 1 atom stereocenters. The molecule has 2 aromatic rings. The fraction of sp³-hybridized carbons (Fsp3) is 0.0714. The minimum atomic E-state index is -1.05. The highest BCUT2D eigenvalue weighted by Gasteiger charge is 2.18. The molecule has 2 aromatic carbocycles. The molecule has 0 unspecified atom stereocenters. The Morgan fingerprint density at radius 2 is 1.67 bits per heavy atom. The normalized spacial score (nSPS) is 12.2. The van der Waals surface area contributed by atoms with Crippen LogP contribution in [-0.2, 0) is 0 Å². The third-order valence-electron chi connectivity index (χ3n) is 2.65. The van der Waals surface area contributed by atoms with Gasteiger partial charge in [-0.1, -0.05) is 30.3 Å². The van der Waals surface area contributed by atoms with E-state index in [4.69, 9.17) is 5.73 Å². The van der Waals surface area contributed by atoms with E-state index in [1.165, 1.54) is 6.07 Å². The van der Waals surface area contributed by atoms with Crippen molar-refractivity contribution in [2.24, 2.45) is 5.73 Å². The van der Waals surface area contributed by atoms with Crippen molar-refractivity contribution in [3.63, 3.8) is 0 Å². The van der Waals surface area contributed by atoms with Crippen LogP contribution in [0.15, 0.2) is 48.5 Å². The van der Waals surface area contributed by atoms with Gasteiger partial charge < -0.3 is 5.73 Å². The maximum atomic E-state index is 13.0. The van der Waals surface area contributed by atoms with Crippen molar-refractivity contribution in [3.05, 3.63) is 71.3 Å². The highest BCUT2D eigenvalue weighted by Crippen LogP contribution is 2.17. The topological polar surface area (TPSA) is 43.1 Å². The molecule has 0 aromatic heterocycles. The summed E-state index contributed by atoms with van der Waals surface area (Å²) in [5.74, 6) is -2.49. The lowest BCUT2D eigenvalue weighted by Crippen LogP contribution is -2.21. The first-order chi connectivity index (χ1) is 8.59. The second-order valence-electron chi connectivity index (χ2n) is 3.88. The lowest BCUT2D eigenvalue weighted by molar-refractivity contribution is 0.0961. The summed E-state index contributed by atoms with van der Waals surface area (Å²) in [6.07, 6.45) is 0. The third-order valence-corrected chi connectivity index (χ3v) is 2.65. The number of hydrogen-bond acceptors (Lipinski definition) is 2. The summed E-state index contributed by atoms with van der Waals surface area (Å²) in [5, 5.41) is 0. The standard InChI is InChI=1S/C14H11F2NO/c15-11-7-6-10(8-12(11)16)14(18)13(17)9-4-2-1-3-5-9/h1-8,13H,17H2/t13-/m1/s1. The van der Waals surface area contributed by atoms with Gasteiger partial charge in [0.2, 0.25) is 0 Å². The van der Waals surface area contributed by atoms with Crippen LogP contribution in [-0.4, -0.2) is 5.78 Å². The summed E-state index contributed by atoms with van der Waals surface area (Å²) in [5.41, 5.74) is 6.49. The van der Waals surface area contributed by atoms with E-state index in [9.17, 15) is 13.6 Å². The number of hydrogen-bond donors (Lipinski definition) is 1. The van der Waals surface area contributed by atoms with E-state index >= 15 is 0 Å². The van der Waals surface area contributed by atoms with E-state index in [0.717, 1.165) is 12.1 Å². The van der Waals surface area contributed by atoms with Crippen LogP contribution in [0.4, 0.5) is 8.78 Å². The molecule has 0 bridgehead atoms. The molecule has 2 N–H and O–H groups in total. The number of carbonyl (C=O) groups is 1. The molecule has 4 heteroatoms. The fourth-order valence-corrected chi connectivity index (χ4v) is 1.64. The van der Waals surface area contributed by atoms with Gasteiger partial charge >= 0.3 is 0 Å². The highest BCUT2D eigenvalue weighted by atomic mass is 19.2. The molecular formula is C14H11F2NO. The smallest absolute Gasteiger partial charge is 0.184 e. The first-order valence-corrected chi connectivity index (χ1v) is 5.39. The number of rotatable bonds is 3. The maximum Gasteiger partial charge on any atom is 0.184 e. The zero-order valence-corrected chi connectivity index (χ0v) is 9.44. The monoisotopic (exact) mass is 247 g/mol. The van der Waals surface area contributed by atoms with Gasteiger partial charge in [-0.05, 0) is 23.8 Å². The maximum absolute atomic E-state index is 13.0. The minimum absolute atomic E-state index is 0.0604. The van der Waals surface area contributed by atoms with Crippen molar-refractivity contribution in [2.75, 3.05) is 0 Å². The number of nitrogens with two attached hydrogens (primary N) is 1. The number of ketones is 1. The van der Waals surface area contributed by atoms with Crippen LogP contribution < -0.4 is 5.73 Å². The molecule has 0 amide bonds. The Morgan fingerprint density at radius 1 is 1.00 bits per heavy atom. The SMILES string of the molecule is N[C@@H](C(=O)c1ccc(F)c(F)c1)c1ccccc1. The summed E-state index contributed by atoms with van der Waals surface area (Å²) in [4.78, 5) is 12.0. The minimum Gasteiger partial charge on any atom is -0.318 e. The molecule has 0 fully saturated rings. The summed E-state index contributed by atoms with van der Waals surface area (Å²) in [6.45, 7) is 0. The Balaban J connectivity index is 2.29. The second-order valence-corrected chi connectivity index (χ2v) is 3.88. The number of benzene rings is 2. The van der Waals surface area contributed by atoms with Crippen LogP contribution in [0.25, 0.3) is 0 Å². The predicted molar refractivity (Wildman–Crippen MR) is 64.1 cm³/mol. The Kier molecular flexibility index (Phi) is 3.48. The van der Waals surface area contributed by atoms with Gasteiger partial charge in [-0.3, -0.25) is 4.79 Å². The Morgan fingerprint density at radius 3 is 2.28 bits per heavy atom. The van der Waals surface area contributed by atoms with E-state index in [0.29, 0.717) is 5.56 Å².